The number of aryl methyl sites for hydroxylation is 2. The molecular formula is C22H23NO5. The van der Waals surface area contributed by atoms with Gasteiger partial charge in [0, 0.05) is 11.8 Å². The van der Waals surface area contributed by atoms with Gasteiger partial charge in [0.25, 0.3) is 5.91 Å². The second kappa shape index (κ2) is 9.08. The maximum Gasteiger partial charge on any atom is 0.331 e. The number of carbonyl (C=O) groups excluding carboxylic acids is 2. The van der Waals surface area contributed by atoms with Gasteiger partial charge < -0.3 is 19.5 Å². The molecule has 0 radical (unpaired) electrons. The normalized spacial score (nSPS) is 12.6. The molecule has 2 aromatic carbocycles. The smallest absolute Gasteiger partial charge is 0.331 e. The second-order valence-electron chi connectivity index (χ2n) is 6.35. The number of amides is 1. The molecule has 1 heterocycles. The van der Waals surface area contributed by atoms with Crippen LogP contribution in [0.1, 0.15) is 23.6 Å². The van der Waals surface area contributed by atoms with Crippen molar-refractivity contribution in [3.63, 3.8) is 0 Å². The van der Waals surface area contributed by atoms with E-state index in [2.05, 4.69) is 5.32 Å². The molecule has 28 heavy (non-hydrogen) atoms. The molecule has 0 spiro atoms. The van der Waals surface area contributed by atoms with Crippen molar-refractivity contribution in [3.05, 3.63) is 59.2 Å². The topological polar surface area (TPSA) is 73.9 Å². The molecule has 0 saturated heterocycles. The van der Waals surface area contributed by atoms with Crippen LogP contribution in [0.4, 0.5) is 5.69 Å². The molecule has 0 atom stereocenters. The third-order valence-electron chi connectivity index (χ3n) is 4.33. The van der Waals surface area contributed by atoms with Gasteiger partial charge in [0.2, 0.25) is 0 Å². The summed E-state index contributed by atoms with van der Waals surface area (Å²) < 4.78 is 16.0. The lowest BCUT2D eigenvalue weighted by Crippen LogP contribution is -2.21. The van der Waals surface area contributed by atoms with E-state index in [0.29, 0.717) is 24.7 Å². The molecule has 0 saturated carbocycles. The van der Waals surface area contributed by atoms with Crippen LogP contribution in [0.15, 0.2) is 42.5 Å². The summed E-state index contributed by atoms with van der Waals surface area (Å²) in [5.74, 6) is 0.368. The van der Waals surface area contributed by atoms with Crippen LogP contribution in [0.5, 0.6) is 11.5 Å². The van der Waals surface area contributed by atoms with Gasteiger partial charge in [-0.25, -0.2) is 4.79 Å². The quantitative estimate of drug-likeness (QED) is 0.612. The number of para-hydroxylation sites is 1. The Labute approximate surface area is 164 Å². The van der Waals surface area contributed by atoms with Gasteiger partial charge in [0.05, 0.1) is 0 Å². The molecule has 1 aliphatic rings. The lowest BCUT2D eigenvalue weighted by atomic mass is 10.1. The number of fused-ring (bicyclic) bond motifs is 1. The van der Waals surface area contributed by atoms with E-state index in [-0.39, 0.29) is 12.5 Å². The highest BCUT2D eigenvalue weighted by Crippen LogP contribution is 2.31. The van der Waals surface area contributed by atoms with E-state index in [0.717, 1.165) is 28.8 Å². The van der Waals surface area contributed by atoms with Crippen LogP contribution in [-0.2, 0) is 20.7 Å². The van der Waals surface area contributed by atoms with Crippen molar-refractivity contribution in [1.82, 2.24) is 0 Å². The Kier molecular flexibility index (Phi) is 6.32. The highest BCUT2D eigenvalue weighted by atomic mass is 16.6. The van der Waals surface area contributed by atoms with Gasteiger partial charge in [-0.1, -0.05) is 31.2 Å². The highest BCUT2D eigenvalue weighted by Gasteiger charge is 2.12. The molecule has 0 bridgehead atoms. The van der Waals surface area contributed by atoms with Crippen LogP contribution < -0.4 is 14.8 Å². The van der Waals surface area contributed by atoms with E-state index in [1.54, 1.807) is 18.2 Å². The molecule has 0 aromatic heterocycles. The van der Waals surface area contributed by atoms with Gasteiger partial charge in [-0.05, 0) is 48.2 Å². The molecule has 6 nitrogen and oxygen atoms in total. The van der Waals surface area contributed by atoms with Crippen molar-refractivity contribution < 1.29 is 23.8 Å². The van der Waals surface area contributed by atoms with Crippen molar-refractivity contribution in [2.24, 2.45) is 0 Å². The fourth-order valence-electron chi connectivity index (χ4n) is 2.89. The average Bonchev–Trinajstić information content (AvgIpc) is 2.72. The minimum Gasteiger partial charge on any atom is -0.486 e. The highest BCUT2D eigenvalue weighted by molar-refractivity contribution is 5.95. The Bertz CT molecular complexity index is 904. The number of hydrogen-bond acceptors (Lipinski definition) is 5. The van der Waals surface area contributed by atoms with Crippen molar-refractivity contribution >= 4 is 23.6 Å². The van der Waals surface area contributed by atoms with Gasteiger partial charge >= 0.3 is 5.97 Å². The molecule has 6 heteroatoms. The van der Waals surface area contributed by atoms with Crippen LogP contribution in [0.3, 0.4) is 0 Å². The lowest BCUT2D eigenvalue weighted by Gasteiger charge is -2.18. The first kappa shape index (κ1) is 19.5. The standard InChI is InChI=1S/C22H23NO5/c1-3-17-6-4-5-15(2)22(17)23-20(24)14-28-21(25)10-8-16-7-9-18-19(13-16)27-12-11-26-18/h4-10,13H,3,11-12,14H2,1-2H3,(H,23,24)/b10-8+. The minimum absolute atomic E-state index is 0.345. The van der Waals surface area contributed by atoms with Crippen LogP contribution in [0.25, 0.3) is 6.08 Å². The van der Waals surface area contributed by atoms with Crippen LogP contribution in [0, 0.1) is 6.92 Å². The van der Waals surface area contributed by atoms with Crippen molar-refractivity contribution in [3.8, 4) is 11.5 Å². The van der Waals surface area contributed by atoms with E-state index in [9.17, 15) is 9.59 Å². The second-order valence-corrected chi connectivity index (χ2v) is 6.35. The summed E-state index contributed by atoms with van der Waals surface area (Å²) in [6.07, 6.45) is 3.69. The van der Waals surface area contributed by atoms with E-state index in [1.165, 1.54) is 6.08 Å². The van der Waals surface area contributed by atoms with Crippen LogP contribution in [0.2, 0.25) is 0 Å². The Balaban J connectivity index is 1.53. The number of benzene rings is 2. The number of carbonyl (C=O) groups is 2. The van der Waals surface area contributed by atoms with Gasteiger partial charge in [-0.3, -0.25) is 4.79 Å². The van der Waals surface area contributed by atoms with Crippen LogP contribution >= 0.6 is 0 Å². The molecule has 146 valence electrons. The summed E-state index contributed by atoms with van der Waals surface area (Å²) in [5.41, 5.74) is 3.56. The first-order valence-corrected chi connectivity index (χ1v) is 9.19. The predicted molar refractivity (Wildman–Crippen MR) is 107 cm³/mol. The van der Waals surface area contributed by atoms with E-state index >= 15 is 0 Å². The third-order valence-corrected chi connectivity index (χ3v) is 4.33. The number of ether oxygens (including phenoxy) is 3. The molecular weight excluding hydrogens is 358 g/mol. The maximum absolute atomic E-state index is 12.1. The largest absolute Gasteiger partial charge is 0.486 e. The molecule has 1 N–H and O–H groups in total. The summed E-state index contributed by atoms with van der Waals surface area (Å²) in [6, 6.07) is 11.2. The summed E-state index contributed by atoms with van der Waals surface area (Å²) in [4.78, 5) is 24.0. The number of anilines is 1. The zero-order valence-electron chi connectivity index (χ0n) is 16.0. The fraction of sp³-hybridized carbons (Fsp3) is 0.273. The van der Waals surface area contributed by atoms with Crippen molar-refractivity contribution in [1.29, 1.82) is 0 Å². The molecule has 1 amide bonds. The monoisotopic (exact) mass is 381 g/mol. The van der Waals surface area contributed by atoms with E-state index in [4.69, 9.17) is 14.2 Å². The summed E-state index contributed by atoms with van der Waals surface area (Å²) in [6.45, 7) is 4.63. The Morgan fingerprint density at radius 1 is 1.14 bits per heavy atom. The van der Waals surface area contributed by atoms with Gasteiger partial charge in [0.1, 0.15) is 13.2 Å². The number of esters is 1. The molecule has 0 unspecified atom stereocenters. The zero-order chi connectivity index (χ0) is 19.9. The van der Waals surface area contributed by atoms with Gasteiger partial charge in [-0.15, -0.1) is 0 Å². The van der Waals surface area contributed by atoms with E-state index in [1.807, 2.05) is 38.1 Å². The zero-order valence-corrected chi connectivity index (χ0v) is 16.0. The molecule has 0 fully saturated rings. The molecule has 2 aromatic rings. The Morgan fingerprint density at radius 2 is 1.93 bits per heavy atom. The fourth-order valence-corrected chi connectivity index (χ4v) is 2.89. The van der Waals surface area contributed by atoms with Gasteiger partial charge in [0.15, 0.2) is 18.1 Å². The summed E-state index contributed by atoms with van der Waals surface area (Å²) >= 11 is 0. The van der Waals surface area contributed by atoms with E-state index < -0.39 is 5.97 Å². The third kappa shape index (κ3) is 4.91. The first-order valence-electron chi connectivity index (χ1n) is 9.19. The Hall–Kier alpha value is -3.28. The number of hydrogen-bond donors (Lipinski definition) is 1. The molecule has 0 aliphatic carbocycles. The van der Waals surface area contributed by atoms with Crippen molar-refractivity contribution in [2.75, 3.05) is 25.1 Å². The number of rotatable bonds is 6. The maximum atomic E-state index is 12.1. The summed E-state index contributed by atoms with van der Waals surface area (Å²) in [5, 5.41) is 2.82. The minimum atomic E-state index is -0.592. The first-order chi connectivity index (χ1) is 13.6. The van der Waals surface area contributed by atoms with Gasteiger partial charge in [-0.2, -0.15) is 0 Å². The van der Waals surface area contributed by atoms with Crippen LogP contribution in [-0.4, -0.2) is 31.7 Å². The Morgan fingerprint density at radius 3 is 2.71 bits per heavy atom. The SMILES string of the molecule is CCc1cccc(C)c1NC(=O)COC(=O)/C=C/c1ccc2c(c1)OCCO2. The average molecular weight is 381 g/mol. The predicted octanol–water partition coefficient (Wildman–Crippen LogP) is 3.52. The number of nitrogens with one attached hydrogen (secondary N) is 1. The molecule has 3 rings (SSSR count). The lowest BCUT2D eigenvalue weighted by molar-refractivity contribution is -0.142. The summed E-state index contributed by atoms with van der Waals surface area (Å²) in [7, 11) is 0. The van der Waals surface area contributed by atoms with Crippen molar-refractivity contribution in [2.45, 2.75) is 20.3 Å². The molecule has 1 aliphatic heterocycles.